The molecule has 8 nitrogen and oxygen atoms in total. The van der Waals surface area contributed by atoms with E-state index in [1.165, 1.54) is 12.1 Å². The first-order chi connectivity index (χ1) is 16.4. The zero-order chi connectivity index (χ0) is 24.4. The molecule has 1 heterocycles. The van der Waals surface area contributed by atoms with Crippen molar-refractivity contribution in [2.45, 2.75) is 50.5 Å². The number of hydrogen-bond acceptors (Lipinski definition) is 6. The molecule has 1 amide bonds. The number of carbonyl (C=O) groups is 1. The smallest absolute Gasteiger partial charge is 0.262 e. The zero-order valence-corrected chi connectivity index (χ0v) is 20.3. The number of nitriles is 1. The van der Waals surface area contributed by atoms with Crippen molar-refractivity contribution in [3.63, 3.8) is 0 Å². The lowest BCUT2D eigenvalue weighted by Gasteiger charge is -2.21. The monoisotopic (exact) mass is 481 g/mol. The van der Waals surface area contributed by atoms with E-state index in [0.29, 0.717) is 36.6 Å². The Morgan fingerprint density at radius 2 is 1.94 bits per heavy atom. The standard InChI is InChI=1S/C25H31N5O3S/c1-2-15-30(18-21-12-10-20(17-26)11-13-21)19-25(31)28-22-7-6-8-23(16-22)34(32,33)29-24-9-4-3-5-14-27-24/h6-8,10-13,16H,2-5,9,14-15,18-19H2,1H3,(H,27,29)(H,28,31). The molecular formula is C25H31N5O3S. The van der Waals surface area contributed by atoms with E-state index < -0.39 is 10.0 Å². The highest BCUT2D eigenvalue weighted by Gasteiger charge is 2.18. The molecule has 1 aliphatic heterocycles. The second kappa shape index (κ2) is 12.3. The fraction of sp³-hybridized carbons (Fsp3) is 0.400. The number of hydrogen-bond donors (Lipinski definition) is 2. The molecule has 34 heavy (non-hydrogen) atoms. The number of aliphatic imine (C=N–C) groups is 1. The molecule has 0 bridgehead atoms. The van der Waals surface area contributed by atoms with Crippen LogP contribution in [0, 0.1) is 11.3 Å². The summed E-state index contributed by atoms with van der Waals surface area (Å²) in [7, 11) is -3.78. The molecule has 2 N–H and O–H groups in total. The fourth-order valence-electron chi connectivity index (χ4n) is 3.79. The van der Waals surface area contributed by atoms with Crippen LogP contribution in [0.2, 0.25) is 0 Å². The topological polar surface area (TPSA) is 115 Å². The van der Waals surface area contributed by atoms with Crippen LogP contribution in [-0.4, -0.2) is 44.7 Å². The van der Waals surface area contributed by atoms with Crippen LogP contribution in [0.1, 0.15) is 50.2 Å². The molecule has 0 saturated heterocycles. The molecule has 1 aliphatic rings. The molecule has 0 unspecified atom stereocenters. The van der Waals surface area contributed by atoms with Crippen LogP contribution in [0.3, 0.4) is 0 Å². The molecule has 3 rings (SSSR count). The Morgan fingerprint density at radius 1 is 1.15 bits per heavy atom. The SMILES string of the molecule is CCCN(CC(=O)Nc1cccc(S(=O)(=O)NC2=NCCCCC2)c1)Cc1ccc(C#N)cc1. The minimum absolute atomic E-state index is 0.0836. The van der Waals surface area contributed by atoms with E-state index in [-0.39, 0.29) is 17.3 Å². The molecule has 0 spiro atoms. The first-order valence-corrected chi connectivity index (χ1v) is 13.1. The average molecular weight is 482 g/mol. The maximum absolute atomic E-state index is 12.8. The van der Waals surface area contributed by atoms with E-state index in [4.69, 9.17) is 5.26 Å². The van der Waals surface area contributed by atoms with Crippen LogP contribution in [-0.2, 0) is 21.4 Å². The second-order valence-corrected chi connectivity index (χ2v) is 10.0. The van der Waals surface area contributed by atoms with Crippen molar-refractivity contribution in [3.05, 3.63) is 59.7 Å². The van der Waals surface area contributed by atoms with Gasteiger partial charge >= 0.3 is 0 Å². The van der Waals surface area contributed by atoms with E-state index >= 15 is 0 Å². The summed E-state index contributed by atoms with van der Waals surface area (Å²) in [6.45, 7) is 4.15. The second-order valence-electron chi connectivity index (χ2n) is 8.34. The molecule has 180 valence electrons. The Balaban J connectivity index is 1.63. The predicted octanol–water partition coefficient (Wildman–Crippen LogP) is 3.66. The largest absolute Gasteiger partial charge is 0.325 e. The van der Waals surface area contributed by atoms with Crippen LogP contribution in [0.5, 0.6) is 0 Å². The lowest BCUT2D eigenvalue weighted by molar-refractivity contribution is -0.117. The number of amidine groups is 1. The number of nitrogens with zero attached hydrogens (tertiary/aromatic N) is 3. The van der Waals surface area contributed by atoms with Crippen LogP contribution in [0.25, 0.3) is 0 Å². The van der Waals surface area contributed by atoms with Crippen LogP contribution in [0.4, 0.5) is 5.69 Å². The molecule has 2 aromatic carbocycles. The lowest BCUT2D eigenvalue weighted by Crippen LogP contribution is -2.33. The van der Waals surface area contributed by atoms with Crippen molar-refractivity contribution in [2.75, 3.05) is 25.0 Å². The third-order valence-corrected chi connectivity index (χ3v) is 6.83. The maximum atomic E-state index is 12.8. The average Bonchev–Trinajstić information content (AvgIpc) is 3.08. The number of amides is 1. The Bertz CT molecular complexity index is 1150. The van der Waals surface area contributed by atoms with Crippen molar-refractivity contribution in [3.8, 4) is 6.07 Å². The van der Waals surface area contributed by atoms with Crippen molar-refractivity contribution in [1.29, 1.82) is 5.26 Å². The minimum atomic E-state index is -3.78. The summed E-state index contributed by atoms with van der Waals surface area (Å²) < 4.78 is 28.3. The molecule has 0 fully saturated rings. The summed E-state index contributed by atoms with van der Waals surface area (Å²) >= 11 is 0. The first kappa shape index (κ1) is 25.4. The highest BCUT2D eigenvalue weighted by molar-refractivity contribution is 7.90. The van der Waals surface area contributed by atoms with E-state index in [0.717, 1.165) is 37.8 Å². The normalized spacial score (nSPS) is 14.1. The van der Waals surface area contributed by atoms with Crippen molar-refractivity contribution >= 4 is 27.5 Å². The van der Waals surface area contributed by atoms with E-state index in [2.05, 4.69) is 21.1 Å². The van der Waals surface area contributed by atoms with Gasteiger partial charge in [0.15, 0.2) is 0 Å². The Kier molecular flexibility index (Phi) is 9.19. The molecule has 0 saturated carbocycles. The molecule has 2 aromatic rings. The number of sulfonamides is 1. The van der Waals surface area contributed by atoms with Gasteiger partial charge in [0, 0.05) is 25.2 Å². The molecule has 0 radical (unpaired) electrons. The van der Waals surface area contributed by atoms with Gasteiger partial charge in [0.1, 0.15) is 5.84 Å². The number of rotatable bonds is 9. The van der Waals surface area contributed by atoms with Crippen molar-refractivity contribution in [1.82, 2.24) is 9.62 Å². The Labute approximate surface area is 201 Å². The summed E-state index contributed by atoms with van der Waals surface area (Å²) in [6, 6.07) is 15.7. The van der Waals surface area contributed by atoms with E-state index in [1.807, 2.05) is 24.0 Å². The van der Waals surface area contributed by atoms with Gasteiger partial charge in [-0.1, -0.05) is 31.5 Å². The minimum Gasteiger partial charge on any atom is -0.325 e. The third kappa shape index (κ3) is 7.68. The number of nitrogens with one attached hydrogen (secondary N) is 2. The lowest BCUT2D eigenvalue weighted by atomic mass is 10.1. The van der Waals surface area contributed by atoms with Gasteiger partial charge in [-0.05, 0) is 61.7 Å². The van der Waals surface area contributed by atoms with Crippen molar-refractivity contribution < 1.29 is 13.2 Å². The van der Waals surface area contributed by atoms with Gasteiger partial charge < -0.3 is 5.32 Å². The summed E-state index contributed by atoms with van der Waals surface area (Å²) in [5.41, 5.74) is 2.03. The van der Waals surface area contributed by atoms with E-state index in [9.17, 15) is 13.2 Å². The van der Waals surface area contributed by atoms with Crippen LogP contribution in [0.15, 0.2) is 58.4 Å². The molecule has 0 aliphatic carbocycles. The van der Waals surface area contributed by atoms with Crippen molar-refractivity contribution in [2.24, 2.45) is 4.99 Å². The number of carbonyl (C=O) groups excluding carboxylic acids is 1. The fourth-order valence-corrected chi connectivity index (χ4v) is 4.92. The predicted molar refractivity (Wildman–Crippen MR) is 133 cm³/mol. The van der Waals surface area contributed by atoms with Gasteiger partial charge in [0.2, 0.25) is 5.91 Å². The van der Waals surface area contributed by atoms with Gasteiger partial charge in [0.05, 0.1) is 23.1 Å². The number of benzene rings is 2. The molecular weight excluding hydrogens is 450 g/mol. The van der Waals surface area contributed by atoms with Gasteiger partial charge in [-0.15, -0.1) is 0 Å². The summed E-state index contributed by atoms with van der Waals surface area (Å²) in [4.78, 5) is 19.2. The van der Waals surface area contributed by atoms with Gasteiger partial charge in [0.25, 0.3) is 10.0 Å². The van der Waals surface area contributed by atoms with Gasteiger partial charge in [-0.2, -0.15) is 5.26 Å². The summed E-state index contributed by atoms with van der Waals surface area (Å²) in [5.74, 6) is 0.266. The van der Waals surface area contributed by atoms with E-state index in [1.54, 1.807) is 24.3 Å². The van der Waals surface area contributed by atoms with Crippen LogP contribution < -0.4 is 10.0 Å². The highest BCUT2D eigenvalue weighted by atomic mass is 32.2. The number of anilines is 1. The zero-order valence-electron chi connectivity index (χ0n) is 19.5. The molecule has 0 aromatic heterocycles. The maximum Gasteiger partial charge on any atom is 0.262 e. The first-order valence-electron chi connectivity index (χ1n) is 11.6. The van der Waals surface area contributed by atoms with Crippen LogP contribution >= 0.6 is 0 Å². The Hall–Kier alpha value is -3.22. The summed E-state index contributed by atoms with van der Waals surface area (Å²) in [6.07, 6.45) is 4.41. The molecule has 0 atom stereocenters. The summed E-state index contributed by atoms with van der Waals surface area (Å²) in [5, 5.41) is 11.8. The van der Waals surface area contributed by atoms with Gasteiger partial charge in [-0.3, -0.25) is 19.4 Å². The third-order valence-electron chi connectivity index (χ3n) is 5.45. The Morgan fingerprint density at radius 3 is 2.68 bits per heavy atom. The molecule has 9 heteroatoms. The highest BCUT2D eigenvalue weighted by Crippen LogP contribution is 2.17. The van der Waals surface area contributed by atoms with Gasteiger partial charge in [-0.25, -0.2) is 8.42 Å². The quantitative estimate of drug-likeness (QED) is 0.567.